The Morgan fingerprint density at radius 1 is 1.22 bits per heavy atom. The van der Waals surface area contributed by atoms with E-state index in [-0.39, 0.29) is 0 Å². The van der Waals surface area contributed by atoms with Crippen LogP contribution in [0.15, 0.2) is 41.7 Å². The van der Waals surface area contributed by atoms with Crippen LogP contribution in [0.2, 0.25) is 5.02 Å². The SMILES string of the molecule is CN=C(NCCCc1cnn(C)c1)NCCc1ccccc1Cl. The van der Waals surface area contributed by atoms with Crippen molar-refractivity contribution in [1.29, 1.82) is 0 Å². The lowest BCUT2D eigenvalue weighted by atomic mass is 10.1. The first-order valence-corrected chi connectivity index (χ1v) is 8.22. The van der Waals surface area contributed by atoms with Gasteiger partial charge in [0.05, 0.1) is 6.20 Å². The Morgan fingerprint density at radius 3 is 2.70 bits per heavy atom. The standard InChI is InChI=1S/C17H24ClN5/c1-19-17(20-10-5-6-14-12-22-23(2)13-14)21-11-9-15-7-3-4-8-16(15)18/h3-4,7-8,12-13H,5-6,9-11H2,1-2H3,(H2,19,20,21). The Morgan fingerprint density at radius 2 is 2.00 bits per heavy atom. The van der Waals surface area contributed by atoms with Crippen molar-refractivity contribution in [1.82, 2.24) is 20.4 Å². The van der Waals surface area contributed by atoms with E-state index in [2.05, 4.69) is 26.9 Å². The number of aliphatic imine (C=N–C) groups is 1. The Hall–Kier alpha value is -2.01. The van der Waals surface area contributed by atoms with Crippen LogP contribution >= 0.6 is 11.6 Å². The van der Waals surface area contributed by atoms with Crippen molar-refractivity contribution in [2.24, 2.45) is 12.0 Å². The third-order valence-corrected chi connectivity index (χ3v) is 3.93. The molecule has 2 N–H and O–H groups in total. The number of hydrogen-bond acceptors (Lipinski definition) is 2. The third kappa shape index (κ3) is 5.94. The van der Waals surface area contributed by atoms with Gasteiger partial charge in [0, 0.05) is 38.4 Å². The summed E-state index contributed by atoms with van der Waals surface area (Å²) >= 11 is 6.16. The minimum Gasteiger partial charge on any atom is -0.356 e. The number of halogens is 1. The second-order valence-corrected chi connectivity index (χ2v) is 5.80. The zero-order valence-electron chi connectivity index (χ0n) is 13.7. The summed E-state index contributed by atoms with van der Waals surface area (Å²) in [4.78, 5) is 4.24. The first kappa shape index (κ1) is 17.3. The Bertz CT molecular complexity index is 635. The van der Waals surface area contributed by atoms with Crippen LogP contribution in [0.25, 0.3) is 0 Å². The minimum absolute atomic E-state index is 0.798. The molecule has 0 aliphatic heterocycles. The summed E-state index contributed by atoms with van der Waals surface area (Å²) in [5.74, 6) is 0.822. The molecule has 23 heavy (non-hydrogen) atoms. The monoisotopic (exact) mass is 333 g/mol. The highest BCUT2D eigenvalue weighted by molar-refractivity contribution is 6.31. The highest BCUT2D eigenvalue weighted by Crippen LogP contribution is 2.14. The second kappa shape index (κ2) is 9.20. The van der Waals surface area contributed by atoms with Crippen LogP contribution in [-0.4, -0.2) is 35.9 Å². The molecule has 0 fully saturated rings. The summed E-state index contributed by atoms with van der Waals surface area (Å²) in [6.45, 7) is 1.67. The number of guanidine groups is 1. The Balaban J connectivity index is 1.64. The van der Waals surface area contributed by atoms with E-state index in [0.29, 0.717) is 0 Å². The zero-order valence-corrected chi connectivity index (χ0v) is 14.5. The smallest absolute Gasteiger partial charge is 0.190 e. The van der Waals surface area contributed by atoms with E-state index in [1.165, 1.54) is 5.56 Å². The average molecular weight is 334 g/mol. The van der Waals surface area contributed by atoms with Crippen molar-refractivity contribution >= 4 is 17.6 Å². The van der Waals surface area contributed by atoms with Crippen molar-refractivity contribution in [2.45, 2.75) is 19.3 Å². The molecular formula is C17H24ClN5. The molecule has 0 amide bonds. The van der Waals surface area contributed by atoms with Gasteiger partial charge < -0.3 is 10.6 Å². The quantitative estimate of drug-likeness (QED) is 0.465. The van der Waals surface area contributed by atoms with E-state index < -0.39 is 0 Å². The van der Waals surface area contributed by atoms with Crippen molar-refractivity contribution in [2.75, 3.05) is 20.1 Å². The van der Waals surface area contributed by atoms with Crippen LogP contribution in [-0.2, 0) is 19.9 Å². The summed E-state index contributed by atoms with van der Waals surface area (Å²) < 4.78 is 1.83. The van der Waals surface area contributed by atoms with Gasteiger partial charge in [-0.2, -0.15) is 5.10 Å². The van der Waals surface area contributed by atoms with Gasteiger partial charge >= 0.3 is 0 Å². The van der Waals surface area contributed by atoms with Crippen molar-refractivity contribution in [3.05, 3.63) is 52.8 Å². The summed E-state index contributed by atoms with van der Waals surface area (Å²) in [6, 6.07) is 7.92. The molecule has 124 valence electrons. The number of aromatic nitrogens is 2. The van der Waals surface area contributed by atoms with Crippen LogP contribution in [0.5, 0.6) is 0 Å². The summed E-state index contributed by atoms with van der Waals surface area (Å²) in [7, 11) is 3.72. The van der Waals surface area contributed by atoms with E-state index in [0.717, 1.165) is 48.9 Å². The maximum atomic E-state index is 6.16. The van der Waals surface area contributed by atoms with E-state index in [1.807, 2.05) is 42.2 Å². The zero-order chi connectivity index (χ0) is 16.5. The molecule has 2 rings (SSSR count). The molecular weight excluding hydrogens is 310 g/mol. The molecule has 0 radical (unpaired) electrons. The molecule has 2 aromatic rings. The van der Waals surface area contributed by atoms with Gasteiger partial charge in [0.2, 0.25) is 0 Å². The fraction of sp³-hybridized carbons (Fsp3) is 0.412. The van der Waals surface area contributed by atoms with Crippen LogP contribution < -0.4 is 10.6 Å². The maximum absolute atomic E-state index is 6.16. The predicted octanol–water partition coefficient (Wildman–Crippen LogP) is 2.41. The molecule has 0 saturated heterocycles. The van der Waals surface area contributed by atoms with E-state index in [4.69, 9.17) is 11.6 Å². The highest BCUT2D eigenvalue weighted by atomic mass is 35.5. The molecule has 0 spiro atoms. The minimum atomic E-state index is 0.798. The number of benzene rings is 1. The van der Waals surface area contributed by atoms with Gasteiger partial charge in [0.15, 0.2) is 5.96 Å². The highest BCUT2D eigenvalue weighted by Gasteiger charge is 2.01. The number of aryl methyl sites for hydroxylation is 2. The first-order chi connectivity index (χ1) is 11.2. The molecule has 0 unspecified atom stereocenters. The lowest BCUT2D eigenvalue weighted by Crippen LogP contribution is -2.38. The van der Waals surface area contributed by atoms with Crippen LogP contribution in [0, 0.1) is 0 Å². The van der Waals surface area contributed by atoms with Crippen LogP contribution in [0.4, 0.5) is 0 Å². The van der Waals surface area contributed by atoms with Crippen molar-refractivity contribution in [3.63, 3.8) is 0 Å². The molecule has 1 heterocycles. The normalized spacial score (nSPS) is 11.5. The van der Waals surface area contributed by atoms with Gasteiger partial charge in [0.1, 0.15) is 0 Å². The van der Waals surface area contributed by atoms with Crippen molar-refractivity contribution < 1.29 is 0 Å². The number of hydrogen-bond donors (Lipinski definition) is 2. The van der Waals surface area contributed by atoms with Crippen LogP contribution in [0.3, 0.4) is 0 Å². The summed E-state index contributed by atoms with van der Waals surface area (Å²) in [6.07, 6.45) is 6.89. The van der Waals surface area contributed by atoms with E-state index in [1.54, 1.807) is 7.05 Å². The lowest BCUT2D eigenvalue weighted by Gasteiger charge is -2.12. The second-order valence-electron chi connectivity index (χ2n) is 5.39. The molecule has 0 saturated carbocycles. The molecule has 5 nitrogen and oxygen atoms in total. The molecule has 1 aromatic heterocycles. The molecule has 1 aromatic carbocycles. The van der Waals surface area contributed by atoms with Gasteiger partial charge in [-0.05, 0) is 36.5 Å². The van der Waals surface area contributed by atoms with E-state index >= 15 is 0 Å². The van der Waals surface area contributed by atoms with Gasteiger partial charge in [-0.1, -0.05) is 29.8 Å². The van der Waals surface area contributed by atoms with Crippen molar-refractivity contribution in [3.8, 4) is 0 Å². The molecule has 0 bridgehead atoms. The predicted molar refractivity (Wildman–Crippen MR) is 96.0 cm³/mol. The van der Waals surface area contributed by atoms with Gasteiger partial charge in [-0.15, -0.1) is 0 Å². The first-order valence-electron chi connectivity index (χ1n) is 7.84. The fourth-order valence-electron chi connectivity index (χ4n) is 2.34. The number of nitrogens with one attached hydrogen (secondary N) is 2. The number of nitrogens with zero attached hydrogens (tertiary/aromatic N) is 3. The summed E-state index contributed by atoms with van der Waals surface area (Å²) in [5, 5.41) is 11.6. The molecule has 0 aliphatic carbocycles. The fourth-order valence-corrected chi connectivity index (χ4v) is 2.57. The largest absolute Gasteiger partial charge is 0.356 e. The van der Waals surface area contributed by atoms with Crippen LogP contribution in [0.1, 0.15) is 17.5 Å². The molecule has 6 heteroatoms. The average Bonchev–Trinajstić information content (AvgIpc) is 2.97. The molecule has 0 atom stereocenters. The van der Waals surface area contributed by atoms with Gasteiger partial charge in [-0.3, -0.25) is 9.67 Å². The topological polar surface area (TPSA) is 54.2 Å². The Labute approximate surface area is 142 Å². The van der Waals surface area contributed by atoms with Gasteiger partial charge in [-0.25, -0.2) is 0 Å². The van der Waals surface area contributed by atoms with E-state index in [9.17, 15) is 0 Å². The van der Waals surface area contributed by atoms with Gasteiger partial charge in [0.25, 0.3) is 0 Å². The summed E-state index contributed by atoms with van der Waals surface area (Å²) in [5.41, 5.74) is 2.41. The maximum Gasteiger partial charge on any atom is 0.190 e. The third-order valence-electron chi connectivity index (χ3n) is 3.56. The molecule has 0 aliphatic rings. The Kier molecular flexibility index (Phi) is 6.94. The lowest BCUT2D eigenvalue weighted by molar-refractivity contribution is 0.737. The number of rotatable bonds is 7.